The Hall–Kier alpha value is -3.71. The average molecular weight is 701 g/mol. The van der Waals surface area contributed by atoms with Gasteiger partial charge in [0.05, 0.1) is 29.9 Å². The summed E-state index contributed by atoms with van der Waals surface area (Å²) in [6, 6.07) is 10.1. The Morgan fingerprint density at radius 3 is 2.12 bits per heavy atom. The highest BCUT2D eigenvalue weighted by Gasteiger charge is 2.38. The van der Waals surface area contributed by atoms with Gasteiger partial charge < -0.3 is 26.0 Å². The van der Waals surface area contributed by atoms with Gasteiger partial charge in [0.15, 0.2) is 0 Å². The molecule has 0 aliphatic carbocycles. The van der Waals surface area contributed by atoms with Crippen LogP contribution < -0.4 is 21.4 Å². The fourth-order valence-electron chi connectivity index (χ4n) is 4.79. The van der Waals surface area contributed by atoms with E-state index in [1.54, 1.807) is 24.3 Å². The molecule has 0 unspecified atom stereocenters. The van der Waals surface area contributed by atoms with Crippen molar-refractivity contribution in [1.29, 1.82) is 0 Å². The zero-order valence-electron chi connectivity index (χ0n) is 50.2. The molecule has 268 valence electrons. The van der Waals surface area contributed by atoms with Crippen LogP contribution in [0.4, 0.5) is 0 Å². The van der Waals surface area contributed by atoms with Crippen molar-refractivity contribution >= 4 is 11.8 Å². The molecule has 0 aliphatic rings. The molecule has 11 nitrogen and oxygen atoms in total. The number of pyridine rings is 1. The Bertz CT molecular complexity index is 2210. The van der Waals surface area contributed by atoms with Crippen LogP contribution >= 0.6 is 0 Å². The van der Waals surface area contributed by atoms with Crippen LogP contribution in [0.25, 0.3) is 11.3 Å². The van der Waals surface area contributed by atoms with E-state index < -0.39 is 134 Å². The van der Waals surface area contributed by atoms with Crippen LogP contribution in [0.2, 0.25) is 0 Å². The van der Waals surface area contributed by atoms with Gasteiger partial charge in [-0.1, -0.05) is 109 Å². The van der Waals surface area contributed by atoms with Gasteiger partial charge in [-0.2, -0.15) is 0 Å². The third-order valence-electron chi connectivity index (χ3n) is 7.10. The van der Waals surface area contributed by atoms with Crippen LogP contribution in [0, 0.1) is 10.8 Å². The Labute approximate surface area is 325 Å². The third kappa shape index (κ3) is 12.9. The second-order valence-electron chi connectivity index (χ2n) is 11.3. The van der Waals surface area contributed by atoms with Gasteiger partial charge in [0.25, 0.3) is 5.91 Å². The molecular weight excluding hydrogens is 620 g/mol. The van der Waals surface area contributed by atoms with E-state index in [0.29, 0.717) is 16.3 Å². The highest BCUT2D eigenvalue weighted by Crippen LogP contribution is 2.23. The van der Waals surface area contributed by atoms with Crippen LogP contribution in [0.3, 0.4) is 0 Å². The van der Waals surface area contributed by atoms with Crippen molar-refractivity contribution < 1.29 is 57.8 Å². The Morgan fingerprint density at radius 2 is 1.51 bits per heavy atom. The maximum atomic E-state index is 14.7. The van der Waals surface area contributed by atoms with Crippen molar-refractivity contribution in [3.8, 4) is 11.3 Å². The summed E-state index contributed by atoms with van der Waals surface area (Å²) >= 11 is 0. The molecule has 0 aliphatic heterocycles. The number of hydrogen-bond donors (Lipinski definition) is 7. The van der Waals surface area contributed by atoms with Crippen molar-refractivity contribution in [2.75, 3.05) is 13.1 Å². The van der Waals surface area contributed by atoms with Crippen molar-refractivity contribution in [2.45, 2.75) is 97.9 Å². The maximum absolute atomic E-state index is 14.7. The van der Waals surface area contributed by atoms with Gasteiger partial charge in [-0.25, -0.2) is 5.01 Å². The summed E-state index contributed by atoms with van der Waals surface area (Å²) in [5.74, 6) is -8.23. The van der Waals surface area contributed by atoms with E-state index in [9.17, 15) is 24.9 Å². The Kier molecular flexibility index (Phi) is 6.17. The zero-order valence-corrected chi connectivity index (χ0v) is 26.2. The van der Waals surface area contributed by atoms with Crippen molar-refractivity contribution in [1.82, 2.24) is 31.4 Å². The topological polar surface area (TPSA) is 159 Å². The summed E-state index contributed by atoms with van der Waals surface area (Å²) in [6.07, 6.45) is -1.19. The molecule has 2 amide bonds. The summed E-state index contributed by atoms with van der Waals surface area (Å²) in [5, 5.41) is 39.8. The number of aliphatic hydroxyl groups excluding tert-OH is 1. The van der Waals surface area contributed by atoms with E-state index in [1.165, 1.54) is 60.0 Å². The molecule has 1 heterocycles. The fourth-order valence-corrected chi connectivity index (χ4v) is 4.79. The number of hydrogen-bond acceptors (Lipinski definition) is 9. The standard InChI is InChI=1S/C38H56N6O5/c1-9-39-32(36(2,3)4)34(46)41-30(23-26-15-11-10-12-16-26)31(45)25-44(43-35(47)33(37(5,6)7)42-38(8,48)49)24-27-18-20-28(21-19-27)29-17-13-14-22-40-29/h10-22,30-33,39,42,45,48-49H,9,23-25H2,1-8H3,(H,41,46)(H,43,47)/t30-,31-,32+,33+/m0/s1/i1D3,2D3,3D3,4D3,5D3,6D3,7D3,8D3. The lowest BCUT2D eigenvalue weighted by molar-refractivity contribution is -0.185. The number of aliphatic hydroxyl groups is 3. The maximum Gasteiger partial charge on any atom is 0.252 e. The van der Waals surface area contributed by atoms with Crippen LogP contribution in [0.1, 0.15) is 98.8 Å². The Morgan fingerprint density at radius 1 is 0.837 bits per heavy atom. The van der Waals surface area contributed by atoms with Crippen molar-refractivity contribution in [3.05, 3.63) is 90.1 Å². The monoisotopic (exact) mass is 701 g/mol. The van der Waals surface area contributed by atoms with Gasteiger partial charge in [-0.05, 0) is 47.1 Å². The number of rotatable bonds is 16. The molecule has 0 fully saturated rings. The first-order valence-corrected chi connectivity index (χ1v) is 14.8. The molecule has 3 rings (SSSR count). The van der Waals surface area contributed by atoms with Gasteiger partial charge in [-0.15, -0.1) is 0 Å². The second-order valence-corrected chi connectivity index (χ2v) is 11.3. The first-order chi connectivity index (χ1) is 32.8. The molecule has 3 aromatic rings. The van der Waals surface area contributed by atoms with Gasteiger partial charge in [0, 0.05) is 64.6 Å². The summed E-state index contributed by atoms with van der Waals surface area (Å²) in [4.78, 5) is 33.5. The minimum absolute atomic E-state index is 0.182. The third-order valence-corrected chi connectivity index (χ3v) is 7.10. The molecule has 11 heteroatoms. The average Bonchev–Trinajstić information content (AvgIpc) is 3.18. The number of hydrazine groups is 1. The van der Waals surface area contributed by atoms with Crippen molar-refractivity contribution in [2.24, 2.45) is 10.8 Å². The van der Waals surface area contributed by atoms with E-state index in [0.717, 1.165) is 0 Å². The quantitative estimate of drug-likeness (QED) is 0.0879. The van der Waals surface area contributed by atoms with Gasteiger partial charge in [0.2, 0.25) is 11.8 Å². The molecule has 49 heavy (non-hydrogen) atoms. The van der Waals surface area contributed by atoms with Crippen LogP contribution in [-0.2, 0) is 22.6 Å². The molecular formula is C38H56N6O5. The number of benzene rings is 2. The predicted octanol–water partition coefficient (Wildman–Crippen LogP) is 3.36. The number of likely N-dealkylation sites (N-methyl/N-ethyl adjacent to an activating group) is 1. The summed E-state index contributed by atoms with van der Waals surface area (Å²) in [6.45, 7) is -35.4. The first-order valence-electron chi connectivity index (χ1n) is 26.8. The molecule has 7 N–H and O–H groups in total. The number of aromatic nitrogens is 1. The Balaban J connectivity index is 2.37. The molecule has 0 spiro atoms. The van der Waals surface area contributed by atoms with Gasteiger partial charge in [-0.3, -0.25) is 25.3 Å². The number of nitrogens with one attached hydrogen (secondary N) is 4. The highest BCUT2D eigenvalue weighted by molar-refractivity contribution is 5.83. The van der Waals surface area contributed by atoms with E-state index in [-0.39, 0.29) is 11.1 Å². The van der Waals surface area contributed by atoms with Gasteiger partial charge >= 0.3 is 0 Å². The number of carbonyl (C=O) groups is 2. The summed E-state index contributed by atoms with van der Waals surface area (Å²) in [7, 11) is 0. The SMILES string of the molecule is [2H]C([2H])([2H])CN[C@H](C(=O)N[C@@H](Cc1ccccc1)[C@@H](O)CN(Cc1ccc(-c2ccccn2)cc1)NC(=O)[C@@H](NC(O)(O)C([2H])([2H])[2H])C(C([2H])([2H])[2H])(C([2H])([2H])[2H])C([2H])([2H])[2H])C(C([2H])([2H])[2H])(C([2H])([2H])[2H])C([2H])([2H])[2H]. The normalized spacial score (nSPS) is 24.2. The molecule has 0 saturated carbocycles. The molecule has 2 aromatic carbocycles. The zero-order chi connectivity index (χ0) is 56.4. The number of carbonyl (C=O) groups excluding carboxylic acids is 2. The van der Waals surface area contributed by atoms with Crippen LogP contribution in [0.15, 0.2) is 79.0 Å². The number of nitrogens with zero attached hydrogens (tertiary/aromatic N) is 2. The van der Waals surface area contributed by atoms with Crippen molar-refractivity contribution in [3.63, 3.8) is 0 Å². The number of amides is 2. The molecule has 0 bridgehead atoms. The predicted molar refractivity (Wildman–Crippen MR) is 192 cm³/mol. The fraction of sp³-hybridized carbons (Fsp3) is 0.500. The van der Waals surface area contributed by atoms with Crippen LogP contribution in [0.5, 0.6) is 0 Å². The lowest BCUT2D eigenvalue weighted by atomic mass is 9.85. The largest absolute Gasteiger partial charge is 0.390 e. The van der Waals surface area contributed by atoms with E-state index in [2.05, 4.69) is 10.3 Å². The lowest BCUT2D eigenvalue weighted by Crippen LogP contribution is -2.62. The minimum atomic E-state index is -4.39. The smallest absolute Gasteiger partial charge is 0.252 e. The van der Waals surface area contributed by atoms with E-state index >= 15 is 0 Å². The highest BCUT2D eigenvalue weighted by atomic mass is 16.5. The summed E-state index contributed by atoms with van der Waals surface area (Å²) in [5.41, 5.74) is -4.93. The minimum Gasteiger partial charge on any atom is -0.390 e. The lowest BCUT2D eigenvalue weighted by Gasteiger charge is -2.37. The molecule has 0 radical (unpaired) electrons. The second kappa shape index (κ2) is 17.3. The molecule has 4 atom stereocenters. The summed E-state index contributed by atoms with van der Waals surface area (Å²) < 4.78 is 194. The van der Waals surface area contributed by atoms with Crippen LogP contribution in [-0.4, -0.2) is 80.4 Å². The van der Waals surface area contributed by atoms with E-state index in [4.69, 9.17) is 32.9 Å². The van der Waals surface area contributed by atoms with Gasteiger partial charge in [0.1, 0.15) is 0 Å². The first kappa shape index (κ1) is 17.5. The van der Waals surface area contributed by atoms with E-state index in [1.807, 2.05) is 10.7 Å². The molecule has 0 saturated heterocycles. The molecule has 1 aromatic heterocycles.